The molecule has 0 aliphatic heterocycles. The Bertz CT molecular complexity index is 553. The summed E-state index contributed by atoms with van der Waals surface area (Å²) in [4.78, 5) is 3.69. The van der Waals surface area contributed by atoms with E-state index in [4.69, 9.17) is 5.26 Å². The zero-order valence-electron chi connectivity index (χ0n) is 7.78. The van der Waals surface area contributed by atoms with E-state index < -0.39 is 6.43 Å². The predicted octanol–water partition coefficient (Wildman–Crippen LogP) is 1.85. The van der Waals surface area contributed by atoms with Crippen LogP contribution in [-0.4, -0.2) is 14.6 Å². The molecule has 0 aliphatic carbocycles. The summed E-state index contributed by atoms with van der Waals surface area (Å²) in [7, 11) is 0. The second-order valence-corrected chi connectivity index (χ2v) is 3.03. The number of nitrogens with zero attached hydrogens (tertiary/aromatic N) is 4. The lowest BCUT2D eigenvalue weighted by Gasteiger charge is -2.02. The highest BCUT2D eigenvalue weighted by atomic mass is 19.3. The molecule has 0 N–H and O–H groups in total. The lowest BCUT2D eigenvalue weighted by molar-refractivity contribution is 0.146. The van der Waals surface area contributed by atoms with E-state index in [9.17, 15) is 8.78 Å². The number of fused-ring (bicyclic) bond motifs is 1. The first-order valence-electron chi connectivity index (χ1n) is 4.17. The van der Waals surface area contributed by atoms with E-state index in [1.54, 1.807) is 6.92 Å². The van der Waals surface area contributed by atoms with Gasteiger partial charge in [-0.15, -0.1) is 0 Å². The lowest BCUT2D eigenvalue weighted by Crippen LogP contribution is -2.00. The molecule has 76 valence electrons. The van der Waals surface area contributed by atoms with E-state index in [2.05, 4.69) is 10.1 Å². The molecule has 0 radical (unpaired) electrons. The minimum absolute atomic E-state index is 0.174. The van der Waals surface area contributed by atoms with Gasteiger partial charge >= 0.3 is 0 Å². The largest absolute Gasteiger partial charge is 0.280 e. The molecule has 15 heavy (non-hydrogen) atoms. The third-order valence-electron chi connectivity index (χ3n) is 2.01. The van der Waals surface area contributed by atoms with Crippen molar-refractivity contribution in [2.45, 2.75) is 13.3 Å². The van der Waals surface area contributed by atoms with Crippen LogP contribution in [0.1, 0.15) is 23.4 Å². The fraction of sp³-hybridized carbons (Fsp3) is 0.222. The van der Waals surface area contributed by atoms with E-state index >= 15 is 0 Å². The smallest absolute Gasteiger partial charge is 0.226 e. The van der Waals surface area contributed by atoms with Gasteiger partial charge in [0.1, 0.15) is 17.3 Å². The van der Waals surface area contributed by atoms with Crippen LogP contribution in [0.5, 0.6) is 0 Å². The maximum atomic E-state index is 12.4. The Labute approximate surface area is 83.8 Å². The third kappa shape index (κ3) is 1.42. The average Bonchev–Trinajstić information content (AvgIpc) is 2.60. The van der Waals surface area contributed by atoms with Crippen molar-refractivity contribution in [1.82, 2.24) is 14.6 Å². The number of rotatable bonds is 1. The SMILES string of the molecule is Cc1cc(C(F)F)nc2c(C#N)cnn12. The van der Waals surface area contributed by atoms with Crippen LogP contribution in [0.25, 0.3) is 5.65 Å². The Kier molecular flexibility index (Phi) is 2.08. The molecule has 2 aromatic rings. The number of hydrogen-bond acceptors (Lipinski definition) is 3. The second kappa shape index (κ2) is 3.28. The summed E-state index contributed by atoms with van der Waals surface area (Å²) in [6, 6.07) is 3.11. The fourth-order valence-corrected chi connectivity index (χ4v) is 1.33. The zero-order valence-corrected chi connectivity index (χ0v) is 7.78. The van der Waals surface area contributed by atoms with Gasteiger partial charge in [-0.2, -0.15) is 10.4 Å². The highest BCUT2D eigenvalue weighted by Gasteiger charge is 2.14. The normalized spacial score (nSPS) is 10.9. The third-order valence-corrected chi connectivity index (χ3v) is 2.01. The van der Waals surface area contributed by atoms with Crippen LogP contribution in [0, 0.1) is 18.3 Å². The van der Waals surface area contributed by atoms with Gasteiger partial charge in [0.25, 0.3) is 6.43 Å². The summed E-state index contributed by atoms with van der Waals surface area (Å²) in [6.07, 6.45) is -1.33. The van der Waals surface area contributed by atoms with Crippen molar-refractivity contribution in [2.75, 3.05) is 0 Å². The van der Waals surface area contributed by atoms with Crippen LogP contribution in [0.4, 0.5) is 8.78 Å². The number of nitriles is 1. The number of alkyl halides is 2. The second-order valence-electron chi connectivity index (χ2n) is 3.03. The van der Waals surface area contributed by atoms with Gasteiger partial charge < -0.3 is 0 Å². The monoisotopic (exact) mass is 208 g/mol. The van der Waals surface area contributed by atoms with Crippen LogP contribution in [-0.2, 0) is 0 Å². The van der Waals surface area contributed by atoms with E-state index in [-0.39, 0.29) is 16.9 Å². The van der Waals surface area contributed by atoms with E-state index in [1.807, 2.05) is 6.07 Å². The van der Waals surface area contributed by atoms with Gasteiger partial charge in [0.05, 0.1) is 6.20 Å². The molecule has 0 amide bonds. The van der Waals surface area contributed by atoms with Crippen molar-refractivity contribution < 1.29 is 8.78 Å². The fourth-order valence-electron chi connectivity index (χ4n) is 1.33. The Morgan fingerprint density at radius 1 is 1.53 bits per heavy atom. The highest BCUT2D eigenvalue weighted by Crippen LogP contribution is 2.19. The first-order chi connectivity index (χ1) is 7.13. The Hall–Kier alpha value is -2.03. The molecule has 2 rings (SSSR count). The summed E-state index contributed by atoms with van der Waals surface area (Å²) in [6.45, 7) is 1.63. The molecule has 0 spiro atoms. The van der Waals surface area contributed by atoms with Crippen molar-refractivity contribution in [3.05, 3.63) is 29.2 Å². The van der Waals surface area contributed by atoms with Crippen molar-refractivity contribution in [1.29, 1.82) is 5.26 Å². The molecular formula is C9H6F2N4. The van der Waals surface area contributed by atoms with E-state index in [0.29, 0.717) is 5.69 Å². The van der Waals surface area contributed by atoms with Gasteiger partial charge in [-0.25, -0.2) is 18.3 Å². The van der Waals surface area contributed by atoms with E-state index in [0.717, 1.165) is 0 Å². The van der Waals surface area contributed by atoms with E-state index in [1.165, 1.54) is 16.8 Å². The number of hydrogen-bond donors (Lipinski definition) is 0. The molecule has 0 aliphatic rings. The first-order valence-corrected chi connectivity index (χ1v) is 4.17. The molecule has 0 atom stereocenters. The molecule has 0 aromatic carbocycles. The molecule has 6 heteroatoms. The Morgan fingerprint density at radius 3 is 2.87 bits per heavy atom. The summed E-state index contributed by atoms with van der Waals surface area (Å²) in [5, 5.41) is 12.6. The number of aromatic nitrogens is 3. The Morgan fingerprint density at radius 2 is 2.27 bits per heavy atom. The van der Waals surface area contributed by atoms with Gasteiger partial charge in [-0.1, -0.05) is 0 Å². The van der Waals surface area contributed by atoms with Gasteiger partial charge in [-0.05, 0) is 13.0 Å². The maximum absolute atomic E-state index is 12.4. The minimum atomic E-state index is -2.64. The van der Waals surface area contributed by atoms with Crippen LogP contribution < -0.4 is 0 Å². The van der Waals surface area contributed by atoms with Crippen LogP contribution in [0.15, 0.2) is 12.3 Å². The molecular weight excluding hydrogens is 202 g/mol. The van der Waals surface area contributed by atoms with Gasteiger partial charge in [0.15, 0.2) is 5.65 Å². The van der Waals surface area contributed by atoms with Crippen molar-refractivity contribution >= 4 is 5.65 Å². The van der Waals surface area contributed by atoms with Crippen LogP contribution in [0.3, 0.4) is 0 Å². The standard InChI is InChI=1S/C9H6F2N4/c1-5-2-7(8(10)11)14-9-6(3-12)4-13-15(5)9/h2,4,8H,1H3. The maximum Gasteiger partial charge on any atom is 0.280 e. The quantitative estimate of drug-likeness (QED) is 0.718. The van der Waals surface area contributed by atoms with Crippen LogP contribution >= 0.6 is 0 Å². The first kappa shape index (κ1) is 9.52. The molecule has 0 bridgehead atoms. The molecule has 2 aromatic heterocycles. The summed E-state index contributed by atoms with van der Waals surface area (Å²) < 4.78 is 26.2. The van der Waals surface area contributed by atoms with Gasteiger partial charge in [0.2, 0.25) is 0 Å². The summed E-state index contributed by atoms with van der Waals surface area (Å²) in [5.74, 6) is 0. The number of aryl methyl sites for hydroxylation is 1. The summed E-state index contributed by atoms with van der Waals surface area (Å²) in [5.41, 5.74) is 0.558. The predicted molar refractivity (Wildman–Crippen MR) is 47.4 cm³/mol. The van der Waals surface area contributed by atoms with Crippen molar-refractivity contribution in [3.8, 4) is 6.07 Å². The minimum Gasteiger partial charge on any atom is -0.226 e. The van der Waals surface area contributed by atoms with Gasteiger partial charge in [-0.3, -0.25) is 0 Å². The molecule has 0 fully saturated rings. The molecule has 0 unspecified atom stereocenters. The lowest BCUT2D eigenvalue weighted by atomic mass is 10.3. The summed E-state index contributed by atoms with van der Waals surface area (Å²) >= 11 is 0. The Balaban J connectivity index is 2.78. The molecule has 4 nitrogen and oxygen atoms in total. The number of halogens is 2. The average molecular weight is 208 g/mol. The highest BCUT2D eigenvalue weighted by molar-refractivity contribution is 5.54. The molecule has 0 saturated carbocycles. The van der Waals surface area contributed by atoms with Gasteiger partial charge in [0, 0.05) is 5.69 Å². The van der Waals surface area contributed by atoms with Crippen molar-refractivity contribution in [2.24, 2.45) is 0 Å². The molecule has 0 saturated heterocycles. The van der Waals surface area contributed by atoms with Crippen molar-refractivity contribution in [3.63, 3.8) is 0 Å². The molecule has 2 heterocycles. The topological polar surface area (TPSA) is 54.0 Å². The zero-order chi connectivity index (χ0) is 11.0. The van der Waals surface area contributed by atoms with Crippen LogP contribution in [0.2, 0.25) is 0 Å².